The maximum absolute atomic E-state index is 12.9. The third-order valence-electron chi connectivity index (χ3n) is 5.80. The first-order valence-corrected chi connectivity index (χ1v) is 11.3. The van der Waals surface area contributed by atoms with Crippen LogP contribution in [-0.4, -0.2) is 21.7 Å². The zero-order chi connectivity index (χ0) is 23.0. The number of nitrogens with one attached hydrogen (secondary N) is 2. The van der Waals surface area contributed by atoms with Gasteiger partial charge in [-0.25, -0.2) is 9.48 Å². The number of para-hydroxylation sites is 1. The third-order valence-corrected chi connectivity index (χ3v) is 5.80. The van der Waals surface area contributed by atoms with Gasteiger partial charge in [-0.05, 0) is 42.7 Å². The average Bonchev–Trinajstić information content (AvgIpc) is 3.28. The van der Waals surface area contributed by atoms with Gasteiger partial charge in [0.2, 0.25) is 5.91 Å². The minimum atomic E-state index is -0.700. The minimum absolute atomic E-state index is 0.0214. The summed E-state index contributed by atoms with van der Waals surface area (Å²) in [7, 11) is 0. The molecule has 3 aromatic rings. The minimum Gasteiger partial charge on any atom is -0.457 e. The van der Waals surface area contributed by atoms with Gasteiger partial charge in [0.05, 0.1) is 24.7 Å². The normalized spacial score (nSPS) is 14.9. The van der Waals surface area contributed by atoms with Gasteiger partial charge in [-0.3, -0.25) is 4.79 Å². The van der Waals surface area contributed by atoms with Crippen LogP contribution in [0.5, 0.6) is 11.5 Å². The van der Waals surface area contributed by atoms with Gasteiger partial charge < -0.3 is 21.1 Å². The summed E-state index contributed by atoms with van der Waals surface area (Å²) in [5.41, 5.74) is 6.12. The van der Waals surface area contributed by atoms with Crippen LogP contribution < -0.4 is 21.1 Å². The van der Waals surface area contributed by atoms with Crippen LogP contribution in [-0.2, 0) is 4.79 Å². The number of nitrogens with two attached hydrogens (primary N) is 1. The molecule has 1 fully saturated rings. The molecule has 172 valence electrons. The van der Waals surface area contributed by atoms with E-state index in [0.717, 1.165) is 18.4 Å². The SMILES string of the molecule is NC(=O)NC(CC(=O)Nc1ccnn1C1CCCCC1)c1cccc(Oc2ccccc2)c1. The standard InChI is InChI=1S/C25H29N5O3/c26-25(32)28-22(18-8-7-13-21(16-18)33-20-11-5-2-6-12-20)17-24(31)29-23-14-15-27-30(23)19-9-3-1-4-10-19/h2,5-8,11-16,19,22H,1,3-4,9-10,17H2,(H,29,31)(H3,26,28,32). The van der Waals surface area contributed by atoms with Gasteiger partial charge in [0, 0.05) is 6.07 Å². The van der Waals surface area contributed by atoms with Crippen molar-refractivity contribution in [2.24, 2.45) is 5.73 Å². The van der Waals surface area contributed by atoms with Crippen LogP contribution in [0.4, 0.5) is 10.6 Å². The highest BCUT2D eigenvalue weighted by Crippen LogP contribution is 2.30. The van der Waals surface area contributed by atoms with Crippen molar-refractivity contribution in [2.75, 3.05) is 5.32 Å². The summed E-state index contributed by atoms with van der Waals surface area (Å²) in [5.74, 6) is 1.74. The monoisotopic (exact) mass is 447 g/mol. The highest BCUT2D eigenvalue weighted by atomic mass is 16.5. The molecule has 8 heteroatoms. The number of carbonyl (C=O) groups is 2. The zero-order valence-corrected chi connectivity index (χ0v) is 18.4. The summed E-state index contributed by atoms with van der Waals surface area (Å²) in [5, 5.41) is 10.1. The maximum atomic E-state index is 12.9. The molecule has 4 rings (SSSR count). The lowest BCUT2D eigenvalue weighted by molar-refractivity contribution is -0.116. The first-order chi connectivity index (χ1) is 16.1. The van der Waals surface area contributed by atoms with Crippen molar-refractivity contribution in [3.05, 3.63) is 72.4 Å². The molecular weight excluding hydrogens is 418 g/mol. The summed E-state index contributed by atoms with van der Waals surface area (Å²) in [6, 6.07) is 17.5. The van der Waals surface area contributed by atoms with E-state index in [-0.39, 0.29) is 12.3 Å². The van der Waals surface area contributed by atoms with Gasteiger partial charge in [0.15, 0.2) is 0 Å². The number of carbonyl (C=O) groups excluding carboxylic acids is 2. The molecule has 0 saturated heterocycles. The highest BCUT2D eigenvalue weighted by Gasteiger charge is 2.22. The molecule has 33 heavy (non-hydrogen) atoms. The number of primary amides is 1. The van der Waals surface area contributed by atoms with E-state index in [0.29, 0.717) is 23.4 Å². The summed E-state index contributed by atoms with van der Waals surface area (Å²) in [4.78, 5) is 24.6. The molecule has 4 N–H and O–H groups in total. The van der Waals surface area contributed by atoms with Crippen LogP contribution in [0.25, 0.3) is 0 Å². The van der Waals surface area contributed by atoms with Gasteiger partial charge in [-0.2, -0.15) is 5.10 Å². The smallest absolute Gasteiger partial charge is 0.312 e. The quantitative estimate of drug-likeness (QED) is 0.455. The number of aromatic nitrogens is 2. The van der Waals surface area contributed by atoms with E-state index in [1.54, 1.807) is 18.3 Å². The van der Waals surface area contributed by atoms with E-state index in [1.165, 1.54) is 19.3 Å². The largest absolute Gasteiger partial charge is 0.457 e. The van der Waals surface area contributed by atoms with E-state index in [4.69, 9.17) is 10.5 Å². The van der Waals surface area contributed by atoms with Crippen LogP contribution in [0.3, 0.4) is 0 Å². The van der Waals surface area contributed by atoms with E-state index < -0.39 is 12.1 Å². The van der Waals surface area contributed by atoms with Crippen molar-refractivity contribution < 1.29 is 14.3 Å². The third kappa shape index (κ3) is 6.12. The summed E-state index contributed by atoms with van der Waals surface area (Å²) < 4.78 is 7.80. The summed E-state index contributed by atoms with van der Waals surface area (Å²) in [6.45, 7) is 0. The number of hydrogen-bond donors (Lipinski definition) is 3. The lowest BCUT2D eigenvalue weighted by Crippen LogP contribution is -2.35. The Bertz CT molecular complexity index is 1080. The first kappa shape index (κ1) is 22.4. The molecule has 3 amide bonds. The van der Waals surface area contributed by atoms with Crippen LogP contribution in [0.15, 0.2) is 66.9 Å². The summed E-state index contributed by atoms with van der Waals surface area (Å²) in [6.07, 6.45) is 7.43. The molecule has 1 unspecified atom stereocenters. The topological polar surface area (TPSA) is 111 Å². The molecule has 2 aromatic carbocycles. The predicted molar refractivity (Wildman–Crippen MR) is 126 cm³/mol. The lowest BCUT2D eigenvalue weighted by atomic mass is 9.96. The second kappa shape index (κ2) is 10.7. The maximum Gasteiger partial charge on any atom is 0.312 e. The van der Waals surface area contributed by atoms with Crippen LogP contribution in [0.1, 0.15) is 56.2 Å². The Morgan fingerprint density at radius 1 is 1.03 bits per heavy atom. The van der Waals surface area contributed by atoms with E-state index in [1.807, 2.05) is 53.2 Å². The van der Waals surface area contributed by atoms with E-state index >= 15 is 0 Å². The fourth-order valence-electron chi connectivity index (χ4n) is 4.25. The van der Waals surface area contributed by atoms with E-state index in [9.17, 15) is 9.59 Å². The molecule has 0 aliphatic heterocycles. The first-order valence-electron chi connectivity index (χ1n) is 11.3. The van der Waals surface area contributed by atoms with Crippen molar-refractivity contribution in [1.82, 2.24) is 15.1 Å². The Hall–Kier alpha value is -3.81. The molecule has 0 radical (unpaired) electrons. The number of nitrogens with zero attached hydrogens (tertiary/aromatic N) is 2. The van der Waals surface area contributed by atoms with Crippen molar-refractivity contribution in [1.29, 1.82) is 0 Å². The Balaban J connectivity index is 1.46. The second-order valence-corrected chi connectivity index (χ2v) is 8.25. The van der Waals surface area contributed by atoms with Gasteiger partial charge in [-0.15, -0.1) is 0 Å². The summed E-state index contributed by atoms with van der Waals surface area (Å²) >= 11 is 0. The molecule has 1 aromatic heterocycles. The number of benzene rings is 2. The molecule has 1 aliphatic carbocycles. The predicted octanol–water partition coefficient (Wildman–Crippen LogP) is 4.92. The highest BCUT2D eigenvalue weighted by molar-refractivity contribution is 5.90. The molecule has 0 bridgehead atoms. The molecule has 0 spiro atoms. The number of hydrogen-bond acceptors (Lipinski definition) is 4. The van der Waals surface area contributed by atoms with E-state index in [2.05, 4.69) is 15.7 Å². The van der Waals surface area contributed by atoms with Crippen molar-refractivity contribution in [3.8, 4) is 11.5 Å². The Kier molecular flexibility index (Phi) is 7.24. The number of amides is 3. The fourth-order valence-corrected chi connectivity index (χ4v) is 4.25. The fraction of sp³-hybridized carbons (Fsp3) is 0.320. The van der Waals surface area contributed by atoms with Gasteiger partial charge in [0.1, 0.15) is 17.3 Å². The van der Waals surface area contributed by atoms with Gasteiger partial charge in [-0.1, -0.05) is 49.6 Å². The number of urea groups is 1. The molecule has 1 aliphatic rings. The van der Waals surface area contributed by atoms with Crippen molar-refractivity contribution >= 4 is 17.8 Å². The molecule has 8 nitrogen and oxygen atoms in total. The number of rotatable bonds is 8. The van der Waals surface area contributed by atoms with Crippen LogP contribution in [0.2, 0.25) is 0 Å². The molecule has 1 heterocycles. The Labute approximate surface area is 193 Å². The number of ether oxygens (including phenoxy) is 1. The Morgan fingerprint density at radius 3 is 2.55 bits per heavy atom. The van der Waals surface area contributed by atoms with Gasteiger partial charge in [0.25, 0.3) is 0 Å². The Morgan fingerprint density at radius 2 is 1.79 bits per heavy atom. The van der Waals surface area contributed by atoms with Crippen LogP contribution >= 0.6 is 0 Å². The van der Waals surface area contributed by atoms with Gasteiger partial charge >= 0.3 is 6.03 Å². The molecule has 1 saturated carbocycles. The molecule has 1 atom stereocenters. The second-order valence-electron chi connectivity index (χ2n) is 8.25. The van der Waals surface area contributed by atoms with Crippen molar-refractivity contribution in [2.45, 2.75) is 50.6 Å². The zero-order valence-electron chi connectivity index (χ0n) is 18.4. The lowest BCUT2D eigenvalue weighted by Gasteiger charge is -2.24. The molecular formula is C25H29N5O3. The van der Waals surface area contributed by atoms with Crippen molar-refractivity contribution in [3.63, 3.8) is 0 Å². The number of anilines is 1. The van der Waals surface area contributed by atoms with Crippen LogP contribution in [0, 0.1) is 0 Å². The average molecular weight is 448 g/mol.